The van der Waals surface area contributed by atoms with Gasteiger partial charge in [-0.25, -0.2) is 9.78 Å². The average Bonchev–Trinajstić information content (AvgIpc) is 3.36. The Kier molecular flexibility index (Phi) is 10.2. The Labute approximate surface area is 249 Å². The van der Waals surface area contributed by atoms with E-state index in [-0.39, 0.29) is 31.5 Å². The lowest BCUT2D eigenvalue weighted by Gasteiger charge is -2.18. The van der Waals surface area contributed by atoms with Crippen LogP contribution >= 0.6 is 0 Å². The second-order valence-electron chi connectivity index (χ2n) is 10.1. The topological polar surface area (TPSA) is 167 Å². The smallest absolute Gasteiger partial charge is 0.327 e. The van der Waals surface area contributed by atoms with E-state index in [1.54, 1.807) is 80.8 Å². The number of nitrogens with one attached hydrogen (secondary N) is 1. The molecular weight excluding hydrogens is 552 g/mol. The minimum Gasteiger partial charge on any atom is -0.493 e. The van der Waals surface area contributed by atoms with E-state index in [0.717, 1.165) is 5.56 Å². The number of esters is 1. The molecule has 4 rings (SSSR count). The summed E-state index contributed by atoms with van der Waals surface area (Å²) in [5.41, 5.74) is 9.81. The number of carboxylic acid groups (broad SMARTS) is 1. The van der Waals surface area contributed by atoms with Crippen molar-refractivity contribution in [2.24, 2.45) is 5.73 Å². The van der Waals surface area contributed by atoms with E-state index in [9.17, 15) is 14.4 Å². The maximum atomic E-state index is 12.5. The molecule has 0 aliphatic rings. The molecule has 0 saturated heterocycles. The minimum atomic E-state index is -1.08. The molecular formula is C32H34N4O7. The molecule has 0 fully saturated rings. The van der Waals surface area contributed by atoms with E-state index < -0.39 is 18.0 Å². The van der Waals surface area contributed by atoms with Crippen molar-refractivity contribution in [3.8, 4) is 17.2 Å². The van der Waals surface area contributed by atoms with E-state index >= 15 is 0 Å². The Bertz CT molecular complexity index is 1570. The molecule has 0 spiro atoms. The van der Waals surface area contributed by atoms with Gasteiger partial charge >= 0.3 is 11.9 Å². The Morgan fingerprint density at radius 1 is 1.07 bits per heavy atom. The lowest BCUT2D eigenvalue weighted by Crippen LogP contribution is -2.27. The number of anilines is 1. The number of amides is 1. The summed E-state index contributed by atoms with van der Waals surface area (Å²) in [6, 6.07) is 14.4. The highest BCUT2D eigenvalue weighted by molar-refractivity contribution is 6.04. The number of nitrogens with two attached hydrogens (primary N) is 1. The molecule has 2 heterocycles. The highest BCUT2D eigenvalue weighted by atomic mass is 16.5. The lowest BCUT2D eigenvalue weighted by atomic mass is 9.97. The summed E-state index contributed by atoms with van der Waals surface area (Å²) in [5, 5.41) is 11.9. The van der Waals surface area contributed by atoms with Crippen LogP contribution in [0.5, 0.6) is 5.75 Å². The summed E-state index contributed by atoms with van der Waals surface area (Å²) in [7, 11) is 0. The molecule has 4 N–H and O–H groups in total. The number of ether oxygens (including phenoxy) is 2. The van der Waals surface area contributed by atoms with Gasteiger partial charge in [0.15, 0.2) is 0 Å². The first-order chi connectivity index (χ1) is 20.6. The average molecular weight is 587 g/mol. The Morgan fingerprint density at radius 3 is 2.51 bits per heavy atom. The standard InChI is InChI=1S/C32H34N4O7/c1-19(2)42-32(40)29(33)26-17-25(12-10-21(26)11-13-28(37)38)41-16-14-27-20(3)43-31(36-27)23-8-6-22(7-9-23)30(39)35-24-5-4-15-34-18-24/h4-10,12,15,17-19,29H,11,13-14,16,33H2,1-3H3,(H,35,39)(H,37,38). The number of aliphatic carboxylic acids is 1. The molecule has 1 atom stereocenters. The zero-order valence-corrected chi connectivity index (χ0v) is 24.2. The third kappa shape index (κ3) is 8.49. The van der Waals surface area contributed by atoms with E-state index in [1.807, 2.05) is 6.92 Å². The van der Waals surface area contributed by atoms with E-state index in [0.29, 0.717) is 51.9 Å². The summed E-state index contributed by atoms with van der Waals surface area (Å²) < 4.78 is 17.1. The molecule has 11 heteroatoms. The molecule has 1 amide bonds. The van der Waals surface area contributed by atoms with Crippen LogP contribution in [0.25, 0.3) is 11.5 Å². The molecule has 43 heavy (non-hydrogen) atoms. The number of benzene rings is 2. The van der Waals surface area contributed by atoms with Crippen molar-refractivity contribution in [1.29, 1.82) is 0 Å². The van der Waals surface area contributed by atoms with Crippen molar-refractivity contribution in [1.82, 2.24) is 9.97 Å². The molecule has 0 radical (unpaired) electrons. The largest absolute Gasteiger partial charge is 0.493 e. The van der Waals surface area contributed by atoms with Crippen molar-refractivity contribution >= 4 is 23.5 Å². The van der Waals surface area contributed by atoms with Crippen LogP contribution in [0.15, 0.2) is 71.4 Å². The van der Waals surface area contributed by atoms with Crippen LogP contribution in [0.2, 0.25) is 0 Å². The quantitative estimate of drug-likeness (QED) is 0.184. The lowest BCUT2D eigenvalue weighted by molar-refractivity contribution is -0.149. The SMILES string of the molecule is Cc1oc(-c2ccc(C(=O)Nc3cccnc3)cc2)nc1CCOc1ccc(CCC(=O)O)c(C(N)C(=O)OC(C)C)c1. The predicted octanol–water partition coefficient (Wildman–Crippen LogP) is 4.89. The first-order valence-corrected chi connectivity index (χ1v) is 13.8. The minimum absolute atomic E-state index is 0.103. The molecule has 2 aromatic heterocycles. The first-order valence-electron chi connectivity index (χ1n) is 13.8. The van der Waals surface area contributed by atoms with Crippen LogP contribution in [0.1, 0.15) is 59.2 Å². The fourth-order valence-corrected chi connectivity index (χ4v) is 4.31. The Balaban J connectivity index is 1.40. The van der Waals surface area contributed by atoms with Gasteiger partial charge in [0.2, 0.25) is 5.89 Å². The highest BCUT2D eigenvalue weighted by Gasteiger charge is 2.23. The van der Waals surface area contributed by atoms with E-state index in [2.05, 4.69) is 15.3 Å². The van der Waals surface area contributed by atoms with Crippen molar-refractivity contribution in [3.05, 3.63) is 95.1 Å². The molecule has 224 valence electrons. The van der Waals surface area contributed by atoms with Crippen LogP contribution in [-0.4, -0.2) is 45.6 Å². The molecule has 0 bridgehead atoms. The molecule has 2 aromatic carbocycles. The monoisotopic (exact) mass is 586 g/mol. The number of rotatable bonds is 13. The van der Waals surface area contributed by atoms with Gasteiger partial charge in [-0.05, 0) is 86.8 Å². The fourth-order valence-electron chi connectivity index (χ4n) is 4.31. The molecule has 4 aromatic rings. The van der Waals surface area contributed by atoms with Gasteiger partial charge in [-0.1, -0.05) is 6.07 Å². The maximum Gasteiger partial charge on any atom is 0.327 e. The van der Waals surface area contributed by atoms with E-state index in [1.165, 1.54) is 0 Å². The van der Waals surface area contributed by atoms with Gasteiger partial charge in [0.05, 0.1) is 30.3 Å². The van der Waals surface area contributed by atoms with Crippen LogP contribution < -0.4 is 15.8 Å². The van der Waals surface area contributed by atoms with Crippen LogP contribution in [0, 0.1) is 6.92 Å². The normalized spacial score (nSPS) is 11.7. The van der Waals surface area contributed by atoms with Crippen LogP contribution in [-0.2, 0) is 27.2 Å². The predicted molar refractivity (Wildman–Crippen MR) is 159 cm³/mol. The molecule has 0 saturated carbocycles. The second-order valence-corrected chi connectivity index (χ2v) is 10.1. The number of nitrogens with zero attached hydrogens (tertiary/aromatic N) is 2. The second kappa shape index (κ2) is 14.2. The van der Waals surface area contributed by atoms with Gasteiger partial charge in [-0.3, -0.25) is 14.6 Å². The van der Waals surface area contributed by atoms with Gasteiger partial charge in [0, 0.05) is 30.2 Å². The zero-order valence-electron chi connectivity index (χ0n) is 24.2. The summed E-state index contributed by atoms with van der Waals surface area (Å²) >= 11 is 0. The summed E-state index contributed by atoms with van der Waals surface area (Å²) in [6.45, 7) is 5.53. The summed E-state index contributed by atoms with van der Waals surface area (Å²) in [6.07, 6.45) is 3.42. The van der Waals surface area contributed by atoms with Gasteiger partial charge < -0.3 is 30.0 Å². The van der Waals surface area contributed by atoms with Crippen molar-refractivity contribution in [2.75, 3.05) is 11.9 Å². The number of aromatic nitrogens is 2. The van der Waals surface area contributed by atoms with Crippen LogP contribution in [0.4, 0.5) is 5.69 Å². The Morgan fingerprint density at radius 2 is 1.84 bits per heavy atom. The number of carbonyl (C=O) groups is 3. The molecule has 1 unspecified atom stereocenters. The van der Waals surface area contributed by atoms with Gasteiger partial charge in [-0.15, -0.1) is 0 Å². The van der Waals surface area contributed by atoms with Gasteiger partial charge in [0.25, 0.3) is 5.91 Å². The molecule has 0 aliphatic carbocycles. The summed E-state index contributed by atoms with van der Waals surface area (Å²) in [4.78, 5) is 44.7. The fraction of sp³-hybridized carbons (Fsp3) is 0.281. The van der Waals surface area contributed by atoms with E-state index in [4.69, 9.17) is 24.7 Å². The number of hydrogen-bond acceptors (Lipinski definition) is 9. The number of carbonyl (C=O) groups excluding carboxylic acids is 2. The zero-order chi connectivity index (χ0) is 30.9. The highest BCUT2D eigenvalue weighted by Crippen LogP contribution is 2.26. The Hall–Kier alpha value is -5.03. The number of aryl methyl sites for hydroxylation is 2. The number of hydrogen-bond donors (Lipinski definition) is 3. The third-order valence-electron chi connectivity index (χ3n) is 6.48. The molecule has 11 nitrogen and oxygen atoms in total. The molecule has 0 aliphatic heterocycles. The van der Waals surface area contributed by atoms with Gasteiger partial charge in [-0.2, -0.15) is 0 Å². The number of pyridine rings is 1. The number of oxazole rings is 1. The van der Waals surface area contributed by atoms with Crippen molar-refractivity contribution in [2.45, 2.75) is 52.2 Å². The third-order valence-corrected chi connectivity index (χ3v) is 6.48. The van der Waals surface area contributed by atoms with Crippen molar-refractivity contribution < 1.29 is 33.4 Å². The first kappa shape index (κ1) is 30.9. The van der Waals surface area contributed by atoms with Crippen LogP contribution in [0.3, 0.4) is 0 Å². The van der Waals surface area contributed by atoms with Gasteiger partial charge in [0.1, 0.15) is 17.6 Å². The van der Waals surface area contributed by atoms with Crippen molar-refractivity contribution in [3.63, 3.8) is 0 Å². The summed E-state index contributed by atoms with van der Waals surface area (Å²) in [5.74, 6) is -0.266. The number of carboxylic acids is 1. The maximum absolute atomic E-state index is 12.5.